The van der Waals surface area contributed by atoms with E-state index in [0.717, 1.165) is 31.4 Å². The van der Waals surface area contributed by atoms with Crippen LogP contribution in [0.4, 0.5) is 0 Å². The molecule has 2 fully saturated rings. The van der Waals surface area contributed by atoms with Gasteiger partial charge in [-0.15, -0.1) is 23.1 Å². The number of amides is 1. The van der Waals surface area contributed by atoms with Crippen LogP contribution in [0.1, 0.15) is 60.7 Å². The zero-order valence-corrected chi connectivity index (χ0v) is 18.9. The second-order valence-electron chi connectivity index (χ2n) is 8.30. The number of carbonyl (C=O) groups is 2. The van der Waals surface area contributed by atoms with Crippen LogP contribution in [0, 0.1) is 0 Å². The van der Waals surface area contributed by atoms with E-state index in [1.807, 2.05) is 23.6 Å². The van der Waals surface area contributed by atoms with Gasteiger partial charge >= 0.3 is 5.97 Å². The van der Waals surface area contributed by atoms with E-state index in [1.165, 1.54) is 16.9 Å². The molecule has 2 heterocycles. The summed E-state index contributed by atoms with van der Waals surface area (Å²) >= 11 is 2.99. The second-order valence-corrected chi connectivity index (χ2v) is 10.6. The molecule has 1 aliphatic heterocycles. The van der Waals surface area contributed by atoms with Gasteiger partial charge in [-0.05, 0) is 60.7 Å². The van der Waals surface area contributed by atoms with Gasteiger partial charge in [-0.2, -0.15) is 0 Å². The standard InChI is InChI=1S/C23H27NO4S2/c1-15(2)16-5-7-17(8-6-16)28-18-9-11-23(12-10-18)24(19(14-30-23)22(26)27)21(25)20-4-3-13-29-20/h3-8,13,15,18-19H,9-12,14H2,1-2H3,(H,26,27)/t18?,19-,23?/m0/s1. The number of benzene rings is 1. The molecule has 1 aliphatic carbocycles. The van der Waals surface area contributed by atoms with E-state index in [4.69, 9.17) is 4.74 Å². The normalized spacial score (nSPS) is 26.3. The summed E-state index contributed by atoms with van der Waals surface area (Å²) in [7, 11) is 0. The number of ether oxygens (including phenoxy) is 1. The first-order valence-electron chi connectivity index (χ1n) is 10.4. The Balaban J connectivity index is 1.46. The Hall–Kier alpha value is -1.99. The lowest BCUT2D eigenvalue weighted by atomic mass is 9.90. The Morgan fingerprint density at radius 2 is 1.87 bits per heavy atom. The maximum atomic E-state index is 13.2. The molecule has 30 heavy (non-hydrogen) atoms. The average Bonchev–Trinajstić information content (AvgIpc) is 3.39. The van der Waals surface area contributed by atoms with E-state index in [0.29, 0.717) is 16.5 Å². The van der Waals surface area contributed by atoms with Crippen molar-refractivity contribution in [1.82, 2.24) is 4.90 Å². The lowest BCUT2D eigenvalue weighted by Gasteiger charge is -2.43. The van der Waals surface area contributed by atoms with Crippen molar-refractivity contribution in [3.05, 3.63) is 52.2 Å². The highest BCUT2D eigenvalue weighted by Crippen LogP contribution is 2.50. The van der Waals surface area contributed by atoms with Crippen molar-refractivity contribution >= 4 is 35.0 Å². The van der Waals surface area contributed by atoms with Crippen LogP contribution in [0.15, 0.2) is 41.8 Å². The molecule has 0 unspecified atom stereocenters. The fraction of sp³-hybridized carbons (Fsp3) is 0.478. The predicted molar refractivity (Wildman–Crippen MR) is 121 cm³/mol. The Kier molecular flexibility index (Phi) is 6.11. The molecule has 1 aromatic heterocycles. The number of carbonyl (C=O) groups excluding carboxylic acids is 1. The maximum Gasteiger partial charge on any atom is 0.327 e. The lowest BCUT2D eigenvalue weighted by Crippen LogP contribution is -2.54. The maximum absolute atomic E-state index is 13.2. The number of thioether (sulfide) groups is 1. The lowest BCUT2D eigenvalue weighted by molar-refractivity contribution is -0.142. The number of nitrogens with zero attached hydrogens (tertiary/aromatic N) is 1. The third-order valence-corrected chi connectivity index (χ3v) is 8.54. The molecule has 4 rings (SSSR count). The number of carboxylic acids is 1. The molecule has 2 aliphatic rings. The zero-order chi connectivity index (χ0) is 21.3. The first kappa shape index (κ1) is 21.2. The third-order valence-electron chi connectivity index (χ3n) is 6.06. The molecular weight excluding hydrogens is 418 g/mol. The van der Waals surface area contributed by atoms with Crippen LogP contribution in [0.3, 0.4) is 0 Å². The van der Waals surface area contributed by atoms with E-state index < -0.39 is 16.9 Å². The van der Waals surface area contributed by atoms with Crippen molar-refractivity contribution < 1.29 is 19.4 Å². The number of hydrogen-bond donors (Lipinski definition) is 1. The summed E-state index contributed by atoms with van der Waals surface area (Å²) in [6, 6.07) is 11.1. The highest BCUT2D eigenvalue weighted by Gasteiger charge is 2.53. The zero-order valence-electron chi connectivity index (χ0n) is 17.2. The molecule has 160 valence electrons. The molecule has 1 atom stereocenters. The van der Waals surface area contributed by atoms with Gasteiger partial charge in [-0.25, -0.2) is 4.79 Å². The molecule has 1 amide bonds. The molecule has 1 saturated carbocycles. The monoisotopic (exact) mass is 445 g/mol. The van der Waals surface area contributed by atoms with Gasteiger partial charge in [0.1, 0.15) is 11.8 Å². The van der Waals surface area contributed by atoms with Crippen LogP contribution in [0.25, 0.3) is 0 Å². The minimum atomic E-state index is -0.923. The summed E-state index contributed by atoms with van der Waals surface area (Å²) in [5, 5.41) is 11.6. The van der Waals surface area contributed by atoms with Crippen molar-refractivity contribution in [3.63, 3.8) is 0 Å². The van der Waals surface area contributed by atoms with E-state index in [9.17, 15) is 14.7 Å². The summed E-state index contributed by atoms with van der Waals surface area (Å²) < 4.78 is 6.21. The minimum absolute atomic E-state index is 0.0868. The Bertz CT molecular complexity index is 886. The van der Waals surface area contributed by atoms with Gasteiger partial charge in [0, 0.05) is 5.75 Å². The number of carboxylic acid groups (broad SMARTS) is 1. The molecule has 1 N–H and O–H groups in total. The molecular formula is C23H27NO4S2. The highest BCUT2D eigenvalue weighted by molar-refractivity contribution is 8.01. The smallest absolute Gasteiger partial charge is 0.327 e. The number of thiophene rings is 1. The molecule has 5 nitrogen and oxygen atoms in total. The van der Waals surface area contributed by atoms with E-state index >= 15 is 0 Å². The van der Waals surface area contributed by atoms with Crippen molar-refractivity contribution in [3.8, 4) is 5.75 Å². The first-order chi connectivity index (χ1) is 14.4. The van der Waals surface area contributed by atoms with Crippen LogP contribution < -0.4 is 4.74 Å². The quantitative estimate of drug-likeness (QED) is 0.682. The summed E-state index contributed by atoms with van der Waals surface area (Å²) in [4.78, 5) is 26.9. The van der Waals surface area contributed by atoms with Gasteiger partial charge < -0.3 is 14.7 Å². The minimum Gasteiger partial charge on any atom is -0.490 e. The number of aliphatic carboxylic acids is 1. The Labute approximate surface area is 185 Å². The van der Waals surface area contributed by atoms with Gasteiger partial charge in [0.2, 0.25) is 0 Å². The van der Waals surface area contributed by atoms with Crippen LogP contribution in [0.2, 0.25) is 0 Å². The van der Waals surface area contributed by atoms with Gasteiger partial charge in [-0.3, -0.25) is 4.79 Å². The fourth-order valence-electron chi connectivity index (χ4n) is 4.36. The van der Waals surface area contributed by atoms with Gasteiger partial charge in [0.15, 0.2) is 0 Å². The molecule has 7 heteroatoms. The summed E-state index contributed by atoms with van der Waals surface area (Å²) in [6.07, 6.45) is 3.18. The van der Waals surface area contributed by atoms with Gasteiger partial charge in [0.25, 0.3) is 5.91 Å². The second kappa shape index (κ2) is 8.63. The summed E-state index contributed by atoms with van der Waals surface area (Å²) in [5.41, 5.74) is 1.29. The first-order valence-corrected chi connectivity index (χ1v) is 12.3. The molecule has 2 aromatic rings. The van der Waals surface area contributed by atoms with Crippen molar-refractivity contribution in [2.24, 2.45) is 0 Å². The summed E-state index contributed by atoms with van der Waals surface area (Å²) in [5.74, 6) is 0.713. The van der Waals surface area contributed by atoms with Gasteiger partial charge in [-0.1, -0.05) is 32.0 Å². The van der Waals surface area contributed by atoms with E-state index in [1.54, 1.807) is 22.7 Å². The van der Waals surface area contributed by atoms with Crippen LogP contribution >= 0.6 is 23.1 Å². The largest absolute Gasteiger partial charge is 0.490 e. The Morgan fingerprint density at radius 1 is 1.17 bits per heavy atom. The molecule has 0 radical (unpaired) electrons. The predicted octanol–water partition coefficient (Wildman–Crippen LogP) is 5.23. The topological polar surface area (TPSA) is 66.8 Å². The van der Waals surface area contributed by atoms with Crippen LogP contribution in [0.5, 0.6) is 5.75 Å². The molecule has 1 saturated heterocycles. The van der Waals surface area contributed by atoms with Gasteiger partial charge in [0.05, 0.1) is 15.9 Å². The summed E-state index contributed by atoms with van der Waals surface area (Å²) in [6.45, 7) is 4.34. The number of rotatable bonds is 5. The molecule has 1 aromatic carbocycles. The van der Waals surface area contributed by atoms with Crippen molar-refractivity contribution in [1.29, 1.82) is 0 Å². The third kappa shape index (κ3) is 4.10. The Morgan fingerprint density at radius 3 is 2.43 bits per heavy atom. The molecule has 1 spiro atoms. The van der Waals surface area contributed by atoms with Crippen molar-refractivity contribution in [2.45, 2.75) is 62.5 Å². The average molecular weight is 446 g/mol. The highest BCUT2D eigenvalue weighted by atomic mass is 32.2. The SMILES string of the molecule is CC(C)c1ccc(OC2CCC3(CC2)SC[C@@H](C(=O)O)N3C(=O)c2cccs2)cc1. The number of hydrogen-bond acceptors (Lipinski definition) is 5. The van der Waals surface area contributed by atoms with Crippen LogP contribution in [-0.4, -0.2) is 44.7 Å². The van der Waals surface area contributed by atoms with E-state index in [-0.39, 0.29) is 12.0 Å². The van der Waals surface area contributed by atoms with Crippen molar-refractivity contribution in [2.75, 3.05) is 5.75 Å². The van der Waals surface area contributed by atoms with Crippen LogP contribution in [-0.2, 0) is 4.79 Å². The fourth-order valence-corrected chi connectivity index (χ4v) is 6.65. The van der Waals surface area contributed by atoms with E-state index in [2.05, 4.69) is 26.0 Å². The molecule has 0 bridgehead atoms.